The number of nitrogens with zero attached hydrogens (tertiary/aromatic N) is 3. The average Bonchev–Trinajstić information content (AvgIpc) is 3.10. The molecule has 5 nitrogen and oxygen atoms in total. The van der Waals surface area contributed by atoms with Gasteiger partial charge in [0.1, 0.15) is 11.6 Å². The van der Waals surface area contributed by atoms with Gasteiger partial charge in [-0.25, -0.2) is 9.37 Å². The zero-order chi connectivity index (χ0) is 19.0. The van der Waals surface area contributed by atoms with Crippen LogP contribution < -0.4 is 9.64 Å². The molecule has 1 fully saturated rings. The van der Waals surface area contributed by atoms with Crippen molar-refractivity contribution in [2.45, 2.75) is 0 Å². The fraction of sp³-hybridized carbons (Fsp3) is 0.263. The molecule has 0 spiro atoms. The second-order valence-corrected chi connectivity index (χ2v) is 7.68. The molecule has 1 amide bonds. The highest BCUT2D eigenvalue weighted by atomic mass is 35.5. The van der Waals surface area contributed by atoms with Crippen LogP contribution in [0.1, 0.15) is 10.4 Å². The van der Waals surface area contributed by atoms with E-state index >= 15 is 0 Å². The largest absolute Gasteiger partial charge is 0.496 e. The van der Waals surface area contributed by atoms with Crippen LogP contribution in [-0.2, 0) is 0 Å². The Morgan fingerprint density at radius 3 is 2.70 bits per heavy atom. The molecule has 1 aliphatic heterocycles. The van der Waals surface area contributed by atoms with Crippen molar-refractivity contribution in [3.63, 3.8) is 0 Å². The summed E-state index contributed by atoms with van der Waals surface area (Å²) in [4.78, 5) is 21.4. The summed E-state index contributed by atoms with van der Waals surface area (Å²) in [7, 11) is 1.54. The predicted molar refractivity (Wildman–Crippen MR) is 106 cm³/mol. The topological polar surface area (TPSA) is 45.7 Å². The summed E-state index contributed by atoms with van der Waals surface area (Å²) in [5.41, 5.74) is 1.26. The summed E-state index contributed by atoms with van der Waals surface area (Å²) in [5, 5.41) is 1.35. The van der Waals surface area contributed by atoms with Gasteiger partial charge in [0.05, 0.1) is 22.9 Å². The van der Waals surface area contributed by atoms with Crippen molar-refractivity contribution in [1.29, 1.82) is 0 Å². The lowest BCUT2D eigenvalue weighted by Crippen LogP contribution is -2.48. The Kier molecular flexibility index (Phi) is 4.88. The Bertz CT molecular complexity index is 1000. The molecule has 0 saturated carbocycles. The molecule has 4 rings (SSSR count). The molecule has 3 aromatic rings. The minimum atomic E-state index is -0.261. The van der Waals surface area contributed by atoms with Crippen LogP contribution in [0, 0.1) is 5.82 Å². The number of benzene rings is 2. The van der Waals surface area contributed by atoms with Gasteiger partial charge in [0.2, 0.25) is 0 Å². The number of aromatic nitrogens is 1. The number of halogens is 2. The molecule has 8 heteroatoms. The molecule has 27 heavy (non-hydrogen) atoms. The highest BCUT2D eigenvalue weighted by Crippen LogP contribution is 2.30. The van der Waals surface area contributed by atoms with Gasteiger partial charge in [-0.05, 0) is 36.4 Å². The number of hydrogen-bond donors (Lipinski definition) is 0. The number of carbonyl (C=O) groups is 1. The van der Waals surface area contributed by atoms with Crippen molar-refractivity contribution < 1.29 is 13.9 Å². The average molecular weight is 406 g/mol. The van der Waals surface area contributed by atoms with Gasteiger partial charge in [0, 0.05) is 31.2 Å². The standard InChI is InChI=1S/C19H17ClFN3O2S/c1-26-16-5-2-12(20)10-14(16)18(25)23-6-8-24(9-7-23)19-22-15-4-3-13(21)11-17(15)27-19/h2-5,10-11H,6-9H2,1H3. The lowest BCUT2D eigenvalue weighted by atomic mass is 10.1. The molecule has 0 unspecified atom stereocenters. The van der Waals surface area contributed by atoms with E-state index < -0.39 is 0 Å². The van der Waals surface area contributed by atoms with E-state index in [9.17, 15) is 9.18 Å². The van der Waals surface area contributed by atoms with Crippen molar-refractivity contribution in [3.05, 3.63) is 52.8 Å². The van der Waals surface area contributed by atoms with Crippen LogP contribution in [0.3, 0.4) is 0 Å². The van der Waals surface area contributed by atoms with E-state index in [-0.39, 0.29) is 11.7 Å². The molecular formula is C19H17ClFN3O2S. The van der Waals surface area contributed by atoms with E-state index in [0.29, 0.717) is 42.5 Å². The Labute approximate surface area is 164 Å². The van der Waals surface area contributed by atoms with Crippen molar-refractivity contribution in [2.75, 3.05) is 38.2 Å². The van der Waals surface area contributed by atoms with Gasteiger partial charge in [0.15, 0.2) is 5.13 Å². The number of hydrogen-bond acceptors (Lipinski definition) is 5. The van der Waals surface area contributed by atoms with E-state index in [1.54, 1.807) is 29.2 Å². The summed E-state index contributed by atoms with van der Waals surface area (Å²) in [6.45, 7) is 2.46. The van der Waals surface area contributed by atoms with Crippen molar-refractivity contribution in [1.82, 2.24) is 9.88 Å². The van der Waals surface area contributed by atoms with Crippen LogP contribution in [0.5, 0.6) is 5.75 Å². The molecule has 0 bridgehead atoms. The molecule has 0 atom stereocenters. The van der Waals surface area contributed by atoms with Gasteiger partial charge in [0.25, 0.3) is 5.91 Å². The molecule has 1 aliphatic rings. The number of ether oxygens (including phenoxy) is 1. The first kappa shape index (κ1) is 18.0. The molecule has 140 valence electrons. The van der Waals surface area contributed by atoms with Crippen LogP contribution in [0.4, 0.5) is 9.52 Å². The molecular weight excluding hydrogens is 389 g/mol. The second-order valence-electron chi connectivity index (χ2n) is 6.23. The number of rotatable bonds is 3. The highest BCUT2D eigenvalue weighted by Gasteiger charge is 2.26. The summed E-state index contributed by atoms with van der Waals surface area (Å²) < 4.78 is 19.5. The molecule has 0 aliphatic carbocycles. The maximum Gasteiger partial charge on any atom is 0.257 e. The van der Waals surface area contributed by atoms with E-state index in [4.69, 9.17) is 16.3 Å². The van der Waals surface area contributed by atoms with Gasteiger partial charge in [-0.1, -0.05) is 22.9 Å². The third-order valence-corrected chi connectivity index (χ3v) is 5.88. The van der Waals surface area contributed by atoms with Crippen LogP contribution in [0.25, 0.3) is 10.2 Å². The van der Waals surface area contributed by atoms with Gasteiger partial charge in [-0.2, -0.15) is 0 Å². The number of methoxy groups -OCH3 is 1. The lowest BCUT2D eigenvalue weighted by molar-refractivity contribution is 0.0743. The predicted octanol–water partition coefficient (Wildman–Crippen LogP) is 4.06. The molecule has 0 N–H and O–H groups in total. The van der Waals surface area contributed by atoms with Crippen molar-refractivity contribution in [2.24, 2.45) is 0 Å². The zero-order valence-electron chi connectivity index (χ0n) is 14.6. The summed E-state index contributed by atoms with van der Waals surface area (Å²) >= 11 is 7.51. The zero-order valence-corrected chi connectivity index (χ0v) is 16.2. The van der Waals surface area contributed by atoms with E-state index in [2.05, 4.69) is 9.88 Å². The smallest absolute Gasteiger partial charge is 0.257 e. The number of anilines is 1. The first-order valence-electron chi connectivity index (χ1n) is 8.49. The van der Waals surface area contributed by atoms with Crippen LogP contribution >= 0.6 is 22.9 Å². The summed E-state index contributed by atoms with van der Waals surface area (Å²) in [6, 6.07) is 9.65. The minimum absolute atomic E-state index is 0.0969. The normalized spacial score (nSPS) is 14.6. The first-order valence-corrected chi connectivity index (χ1v) is 9.68. The Morgan fingerprint density at radius 2 is 1.96 bits per heavy atom. The second kappa shape index (κ2) is 7.32. The molecule has 1 aromatic heterocycles. The van der Waals surface area contributed by atoms with E-state index in [1.165, 1.54) is 30.6 Å². The molecule has 2 heterocycles. The monoisotopic (exact) mass is 405 g/mol. The fourth-order valence-electron chi connectivity index (χ4n) is 3.14. The van der Waals surface area contributed by atoms with Crippen LogP contribution in [-0.4, -0.2) is 49.1 Å². The number of piperazine rings is 1. The maximum atomic E-state index is 13.4. The first-order chi connectivity index (χ1) is 13.0. The Morgan fingerprint density at radius 1 is 1.19 bits per heavy atom. The van der Waals surface area contributed by atoms with Crippen LogP contribution in [0.2, 0.25) is 5.02 Å². The van der Waals surface area contributed by atoms with Crippen molar-refractivity contribution in [3.8, 4) is 5.75 Å². The van der Waals surface area contributed by atoms with Gasteiger partial charge < -0.3 is 14.5 Å². The highest BCUT2D eigenvalue weighted by molar-refractivity contribution is 7.22. The maximum absolute atomic E-state index is 13.4. The van der Waals surface area contributed by atoms with Crippen LogP contribution in [0.15, 0.2) is 36.4 Å². The minimum Gasteiger partial charge on any atom is -0.496 e. The number of thiazole rings is 1. The quantitative estimate of drug-likeness (QED) is 0.659. The third kappa shape index (κ3) is 3.57. The van der Waals surface area contributed by atoms with Gasteiger partial charge in [-0.15, -0.1) is 0 Å². The van der Waals surface area contributed by atoms with E-state index in [0.717, 1.165) is 15.3 Å². The number of amides is 1. The fourth-order valence-corrected chi connectivity index (χ4v) is 4.35. The van der Waals surface area contributed by atoms with E-state index in [1.807, 2.05) is 0 Å². The number of carbonyl (C=O) groups excluding carboxylic acids is 1. The lowest BCUT2D eigenvalue weighted by Gasteiger charge is -2.34. The third-order valence-electron chi connectivity index (χ3n) is 4.57. The van der Waals surface area contributed by atoms with Crippen molar-refractivity contribution >= 4 is 44.2 Å². The summed E-state index contributed by atoms with van der Waals surface area (Å²) in [5.74, 6) is 0.156. The molecule has 1 saturated heterocycles. The SMILES string of the molecule is COc1ccc(Cl)cc1C(=O)N1CCN(c2nc3ccc(F)cc3s2)CC1. The molecule has 0 radical (unpaired) electrons. The van der Waals surface area contributed by atoms with Gasteiger partial charge >= 0.3 is 0 Å². The summed E-state index contributed by atoms with van der Waals surface area (Å²) in [6.07, 6.45) is 0. The van der Waals surface area contributed by atoms with Gasteiger partial charge in [-0.3, -0.25) is 4.79 Å². The Balaban J connectivity index is 1.48. The molecule has 2 aromatic carbocycles. The number of fused-ring (bicyclic) bond motifs is 1. The Hall–Kier alpha value is -2.38.